The molecule has 0 spiro atoms. The van der Waals surface area contributed by atoms with Gasteiger partial charge in [0.2, 0.25) is 0 Å². The van der Waals surface area contributed by atoms with Crippen LogP contribution in [0.4, 0.5) is 0 Å². The van der Waals surface area contributed by atoms with Gasteiger partial charge in [-0.2, -0.15) is 11.8 Å². The van der Waals surface area contributed by atoms with E-state index >= 15 is 0 Å². The van der Waals surface area contributed by atoms with Gasteiger partial charge < -0.3 is 10.2 Å². The zero-order valence-corrected chi connectivity index (χ0v) is 10.9. The van der Waals surface area contributed by atoms with Gasteiger partial charge in [-0.15, -0.1) is 6.58 Å². The van der Waals surface area contributed by atoms with E-state index in [1.54, 1.807) is 0 Å². The first-order valence-corrected chi connectivity index (χ1v) is 7.01. The summed E-state index contributed by atoms with van der Waals surface area (Å²) in [6.07, 6.45) is 4.57. The Balaban J connectivity index is 2.04. The maximum Gasteiger partial charge on any atom is 0.0111 e. The molecule has 1 saturated heterocycles. The van der Waals surface area contributed by atoms with Crippen molar-refractivity contribution in [2.75, 3.05) is 31.6 Å². The number of hydrogen-bond donors (Lipinski definition) is 1. The second-order valence-corrected chi connectivity index (χ2v) is 5.52. The number of nitrogens with one attached hydrogen (secondary N) is 1. The van der Waals surface area contributed by atoms with E-state index in [9.17, 15) is 0 Å². The Morgan fingerprint density at radius 2 is 2.40 bits per heavy atom. The largest absolute Gasteiger partial charge is 0.313 e. The lowest BCUT2D eigenvalue weighted by Crippen LogP contribution is -2.46. The smallest absolute Gasteiger partial charge is 0.0111 e. The molecular formula is C12H24N2S. The van der Waals surface area contributed by atoms with Crippen LogP contribution in [0.5, 0.6) is 0 Å². The Kier molecular flexibility index (Phi) is 6.37. The number of rotatable bonds is 6. The summed E-state index contributed by atoms with van der Waals surface area (Å²) in [4.78, 5) is 2.45. The molecule has 0 amide bonds. The molecule has 1 heterocycles. The SMILES string of the molecule is C=CCSCCNC1CCN(C)C(C)C1. The summed E-state index contributed by atoms with van der Waals surface area (Å²) in [6.45, 7) is 8.41. The fourth-order valence-corrected chi connectivity index (χ4v) is 2.57. The Labute approximate surface area is 98.5 Å². The molecule has 0 aromatic rings. The normalized spacial score (nSPS) is 27.9. The van der Waals surface area contributed by atoms with Crippen molar-refractivity contribution in [3.63, 3.8) is 0 Å². The number of thioether (sulfide) groups is 1. The maximum absolute atomic E-state index is 3.72. The highest BCUT2D eigenvalue weighted by molar-refractivity contribution is 7.99. The standard InChI is InChI=1S/C12H24N2S/c1-4-8-15-9-6-13-12-5-7-14(3)11(2)10-12/h4,11-13H,1,5-10H2,2-3H3. The van der Waals surface area contributed by atoms with E-state index in [1.165, 1.54) is 25.1 Å². The first kappa shape index (κ1) is 13.1. The van der Waals surface area contributed by atoms with Gasteiger partial charge >= 0.3 is 0 Å². The average Bonchev–Trinajstić information content (AvgIpc) is 2.23. The second-order valence-electron chi connectivity index (χ2n) is 4.37. The fraction of sp³-hybridized carbons (Fsp3) is 0.833. The van der Waals surface area contributed by atoms with Crippen LogP contribution in [-0.4, -0.2) is 48.6 Å². The topological polar surface area (TPSA) is 15.3 Å². The molecule has 88 valence electrons. The number of likely N-dealkylation sites (tertiary alicyclic amines) is 1. The van der Waals surface area contributed by atoms with Gasteiger partial charge in [0, 0.05) is 30.1 Å². The molecule has 0 bridgehead atoms. The molecule has 0 aromatic heterocycles. The molecule has 0 aliphatic carbocycles. The molecule has 2 nitrogen and oxygen atoms in total. The van der Waals surface area contributed by atoms with Crippen LogP contribution in [0.15, 0.2) is 12.7 Å². The summed E-state index contributed by atoms with van der Waals surface area (Å²) in [5, 5.41) is 3.65. The number of piperidine rings is 1. The fourth-order valence-electron chi connectivity index (χ4n) is 1.98. The summed E-state index contributed by atoms with van der Waals surface area (Å²) in [7, 11) is 2.22. The van der Waals surface area contributed by atoms with E-state index in [1.807, 2.05) is 17.8 Å². The second kappa shape index (κ2) is 7.31. The van der Waals surface area contributed by atoms with Crippen molar-refractivity contribution in [3.05, 3.63) is 12.7 Å². The summed E-state index contributed by atoms with van der Waals surface area (Å²) in [6, 6.07) is 1.47. The molecule has 0 saturated carbocycles. The van der Waals surface area contributed by atoms with E-state index in [-0.39, 0.29) is 0 Å². The zero-order valence-electron chi connectivity index (χ0n) is 10.0. The van der Waals surface area contributed by atoms with Gasteiger partial charge in [-0.05, 0) is 33.4 Å². The van der Waals surface area contributed by atoms with Crippen LogP contribution >= 0.6 is 11.8 Å². The van der Waals surface area contributed by atoms with E-state index in [0.717, 1.165) is 24.4 Å². The van der Waals surface area contributed by atoms with Crippen LogP contribution in [0.2, 0.25) is 0 Å². The van der Waals surface area contributed by atoms with Crippen LogP contribution in [-0.2, 0) is 0 Å². The summed E-state index contributed by atoms with van der Waals surface area (Å²) in [5.74, 6) is 2.28. The van der Waals surface area contributed by atoms with Crippen LogP contribution in [0.1, 0.15) is 19.8 Å². The molecule has 1 fully saturated rings. The third-order valence-electron chi connectivity index (χ3n) is 3.12. The molecule has 0 radical (unpaired) electrons. The molecule has 0 aromatic carbocycles. The highest BCUT2D eigenvalue weighted by atomic mass is 32.2. The Hall–Kier alpha value is 0.01000. The molecule has 2 unspecified atom stereocenters. The molecule has 1 N–H and O–H groups in total. The molecular weight excluding hydrogens is 204 g/mol. The highest BCUT2D eigenvalue weighted by Gasteiger charge is 2.21. The lowest BCUT2D eigenvalue weighted by Gasteiger charge is -2.35. The lowest BCUT2D eigenvalue weighted by molar-refractivity contribution is 0.170. The Bertz CT molecular complexity index is 184. The van der Waals surface area contributed by atoms with Crippen LogP contribution in [0.3, 0.4) is 0 Å². The monoisotopic (exact) mass is 228 g/mol. The third kappa shape index (κ3) is 5.05. The van der Waals surface area contributed by atoms with Crippen molar-refractivity contribution in [1.82, 2.24) is 10.2 Å². The minimum Gasteiger partial charge on any atom is -0.313 e. The van der Waals surface area contributed by atoms with Crippen molar-refractivity contribution >= 4 is 11.8 Å². The van der Waals surface area contributed by atoms with Crippen molar-refractivity contribution in [1.29, 1.82) is 0 Å². The Morgan fingerprint density at radius 1 is 1.60 bits per heavy atom. The quantitative estimate of drug-likeness (QED) is 0.553. The van der Waals surface area contributed by atoms with Crippen molar-refractivity contribution in [2.24, 2.45) is 0 Å². The van der Waals surface area contributed by atoms with Gasteiger partial charge in [-0.1, -0.05) is 6.08 Å². The van der Waals surface area contributed by atoms with Gasteiger partial charge in [0.15, 0.2) is 0 Å². The van der Waals surface area contributed by atoms with E-state index in [0.29, 0.717) is 0 Å². The molecule has 15 heavy (non-hydrogen) atoms. The zero-order chi connectivity index (χ0) is 11.1. The number of hydrogen-bond acceptors (Lipinski definition) is 3. The molecule has 1 rings (SSSR count). The first-order valence-electron chi connectivity index (χ1n) is 5.86. The number of nitrogens with zero attached hydrogens (tertiary/aromatic N) is 1. The maximum atomic E-state index is 3.72. The van der Waals surface area contributed by atoms with E-state index in [4.69, 9.17) is 0 Å². The van der Waals surface area contributed by atoms with Gasteiger partial charge in [-0.3, -0.25) is 0 Å². The van der Waals surface area contributed by atoms with Gasteiger partial charge in [0.05, 0.1) is 0 Å². The predicted octanol–water partition coefficient (Wildman–Crippen LogP) is 1.98. The molecule has 1 aliphatic rings. The van der Waals surface area contributed by atoms with Gasteiger partial charge in [0.1, 0.15) is 0 Å². The van der Waals surface area contributed by atoms with E-state index in [2.05, 4.69) is 30.8 Å². The van der Waals surface area contributed by atoms with Crippen LogP contribution in [0, 0.1) is 0 Å². The van der Waals surface area contributed by atoms with Crippen LogP contribution in [0.25, 0.3) is 0 Å². The third-order valence-corrected chi connectivity index (χ3v) is 4.09. The summed E-state index contributed by atoms with van der Waals surface area (Å²) >= 11 is 1.95. The van der Waals surface area contributed by atoms with E-state index < -0.39 is 0 Å². The predicted molar refractivity (Wildman–Crippen MR) is 70.6 cm³/mol. The first-order chi connectivity index (χ1) is 7.24. The van der Waals surface area contributed by atoms with Gasteiger partial charge in [-0.25, -0.2) is 0 Å². The van der Waals surface area contributed by atoms with Crippen molar-refractivity contribution < 1.29 is 0 Å². The highest BCUT2D eigenvalue weighted by Crippen LogP contribution is 2.15. The minimum absolute atomic E-state index is 0.733. The lowest BCUT2D eigenvalue weighted by atomic mass is 9.99. The van der Waals surface area contributed by atoms with Crippen LogP contribution < -0.4 is 5.32 Å². The average molecular weight is 228 g/mol. The van der Waals surface area contributed by atoms with Crippen molar-refractivity contribution in [2.45, 2.75) is 31.8 Å². The minimum atomic E-state index is 0.733. The Morgan fingerprint density at radius 3 is 3.07 bits per heavy atom. The summed E-state index contributed by atoms with van der Waals surface area (Å²) in [5.41, 5.74) is 0. The molecule has 3 heteroatoms. The van der Waals surface area contributed by atoms with Gasteiger partial charge in [0.25, 0.3) is 0 Å². The van der Waals surface area contributed by atoms with Crippen molar-refractivity contribution in [3.8, 4) is 0 Å². The summed E-state index contributed by atoms with van der Waals surface area (Å²) < 4.78 is 0. The molecule has 1 aliphatic heterocycles. The molecule has 2 atom stereocenters.